The molecule has 2 aromatic carbocycles. The van der Waals surface area contributed by atoms with Crippen LogP contribution in [-0.4, -0.2) is 33.8 Å². The zero-order chi connectivity index (χ0) is 19.6. The number of sulfonamides is 1. The molecule has 2 N–H and O–H groups in total. The molecular formula is C18H20N2O5S2. The summed E-state index contributed by atoms with van der Waals surface area (Å²) in [5.41, 5.74) is 0.791. The molecule has 1 heterocycles. The monoisotopic (exact) mass is 408 g/mol. The van der Waals surface area contributed by atoms with Gasteiger partial charge in [-0.1, -0.05) is 6.92 Å². The van der Waals surface area contributed by atoms with Crippen LogP contribution in [0.5, 0.6) is 11.5 Å². The Morgan fingerprint density at radius 1 is 1.15 bits per heavy atom. The highest BCUT2D eigenvalue weighted by Crippen LogP contribution is 2.37. The van der Waals surface area contributed by atoms with E-state index in [1.165, 1.54) is 38.1 Å². The number of anilines is 2. The number of nitrogens with one attached hydrogen (secondary N) is 2. The van der Waals surface area contributed by atoms with E-state index in [0.29, 0.717) is 29.3 Å². The summed E-state index contributed by atoms with van der Waals surface area (Å²) in [6.07, 6.45) is 0.378. The van der Waals surface area contributed by atoms with E-state index < -0.39 is 10.0 Å². The van der Waals surface area contributed by atoms with Crippen LogP contribution in [0.25, 0.3) is 0 Å². The second kappa shape index (κ2) is 7.69. The largest absolute Gasteiger partial charge is 0.497 e. The number of fused-ring (bicyclic) bond motifs is 1. The van der Waals surface area contributed by atoms with Crippen molar-refractivity contribution in [3.8, 4) is 11.5 Å². The minimum atomic E-state index is -3.87. The van der Waals surface area contributed by atoms with E-state index in [-0.39, 0.29) is 16.1 Å². The third-order valence-corrected chi connectivity index (χ3v) is 6.53. The highest BCUT2D eigenvalue weighted by molar-refractivity contribution is 8.00. The molecule has 1 amide bonds. The molecule has 1 aliphatic rings. The fourth-order valence-electron chi connectivity index (χ4n) is 2.68. The SMILES string of the molecule is COc1ccc(NS(=O)(=O)c2ccc3c(c2)NC(=O)C[C@@H](C)S3)c(OC)c1. The molecule has 144 valence electrons. The Hall–Kier alpha value is -2.39. The Labute approximate surface area is 162 Å². The van der Waals surface area contributed by atoms with Crippen molar-refractivity contribution in [3.05, 3.63) is 36.4 Å². The summed E-state index contributed by atoms with van der Waals surface area (Å²) >= 11 is 1.54. The van der Waals surface area contributed by atoms with E-state index in [1.54, 1.807) is 24.3 Å². The fraction of sp³-hybridized carbons (Fsp3) is 0.278. The molecule has 7 nitrogen and oxygen atoms in total. The van der Waals surface area contributed by atoms with Crippen molar-refractivity contribution in [1.82, 2.24) is 0 Å². The number of hydrogen-bond acceptors (Lipinski definition) is 6. The topological polar surface area (TPSA) is 93.7 Å². The van der Waals surface area contributed by atoms with Crippen LogP contribution < -0.4 is 19.5 Å². The van der Waals surface area contributed by atoms with Crippen molar-refractivity contribution in [2.75, 3.05) is 24.3 Å². The summed E-state index contributed by atoms with van der Waals surface area (Å²) < 4.78 is 38.5. The molecule has 0 saturated heterocycles. The van der Waals surface area contributed by atoms with Gasteiger partial charge in [0.1, 0.15) is 11.5 Å². The normalized spacial score (nSPS) is 16.7. The molecule has 9 heteroatoms. The van der Waals surface area contributed by atoms with E-state index in [9.17, 15) is 13.2 Å². The first-order valence-electron chi connectivity index (χ1n) is 8.18. The third-order valence-electron chi connectivity index (χ3n) is 3.99. The molecule has 0 saturated carbocycles. The lowest BCUT2D eigenvalue weighted by molar-refractivity contribution is -0.116. The fourth-order valence-corrected chi connectivity index (χ4v) is 4.83. The second-order valence-electron chi connectivity index (χ2n) is 6.01. The van der Waals surface area contributed by atoms with Gasteiger partial charge in [-0.3, -0.25) is 9.52 Å². The molecular weight excluding hydrogens is 388 g/mol. The van der Waals surface area contributed by atoms with Gasteiger partial charge in [-0.05, 0) is 30.3 Å². The van der Waals surface area contributed by atoms with Gasteiger partial charge in [0.2, 0.25) is 5.91 Å². The Balaban J connectivity index is 1.93. The van der Waals surface area contributed by atoms with Gasteiger partial charge < -0.3 is 14.8 Å². The van der Waals surface area contributed by atoms with Gasteiger partial charge in [0.15, 0.2) is 0 Å². The lowest BCUT2D eigenvalue weighted by Gasteiger charge is -2.14. The molecule has 0 aromatic heterocycles. The highest BCUT2D eigenvalue weighted by Gasteiger charge is 2.23. The Kier molecular flexibility index (Phi) is 5.52. The molecule has 27 heavy (non-hydrogen) atoms. The quantitative estimate of drug-likeness (QED) is 0.788. The zero-order valence-electron chi connectivity index (χ0n) is 15.1. The molecule has 0 bridgehead atoms. The first kappa shape index (κ1) is 19.4. The Morgan fingerprint density at radius 2 is 1.93 bits per heavy atom. The van der Waals surface area contributed by atoms with Crippen LogP contribution >= 0.6 is 11.8 Å². The van der Waals surface area contributed by atoms with Crippen molar-refractivity contribution in [1.29, 1.82) is 0 Å². The van der Waals surface area contributed by atoms with Crippen LogP contribution in [0.2, 0.25) is 0 Å². The average molecular weight is 409 g/mol. The summed E-state index contributed by atoms with van der Waals surface area (Å²) in [4.78, 5) is 12.8. The third kappa shape index (κ3) is 4.30. The van der Waals surface area contributed by atoms with Crippen molar-refractivity contribution >= 4 is 39.1 Å². The summed E-state index contributed by atoms with van der Waals surface area (Å²) in [5, 5.41) is 2.89. The van der Waals surface area contributed by atoms with Crippen LogP contribution in [0.4, 0.5) is 11.4 Å². The molecule has 3 rings (SSSR count). The van der Waals surface area contributed by atoms with Gasteiger partial charge in [-0.15, -0.1) is 11.8 Å². The predicted octanol–water partition coefficient (Wildman–Crippen LogP) is 3.33. The highest BCUT2D eigenvalue weighted by atomic mass is 32.2. The summed E-state index contributed by atoms with van der Waals surface area (Å²) in [6.45, 7) is 1.96. The lowest BCUT2D eigenvalue weighted by Crippen LogP contribution is -2.15. The molecule has 1 atom stereocenters. The molecule has 0 aliphatic carbocycles. The lowest BCUT2D eigenvalue weighted by atomic mass is 10.3. The summed E-state index contributed by atoms with van der Waals surface area (Å²) in [6, 6.07) is 9.49. The number of thioether (sulfide) groups is 1. The van der Waals surface area contributed by atoms with Gasteiger partial charge in [0.25, 0.3) is 10.0 Å². The number of carbonyl (C=O) groups excluding carboxylic acids is 1. The molecule has 2 aromatic rings. The van der Waals surface area contributed by atoms with Crippen molar-refractivity contribution in [2.45, 2.75) is 28.4 Å². The summed E-state index contributed by atoms with van der Waals surface area (Å²) in [5.74, 6) is 0.757. The maximum atomic E-state index is 12.8. The molecule has 0 fully saturated rings. The van der Waals surface area contributed by atoms with E-state index >= 15 is 0 Å². The first-order valence-corrected chi connectivity index (χ1v) is 10.5. The second-order valence-corrected chi connectivity index (χ2v) is 9.17. The smallest absolute Gasteiger partial charge is 0.262 e. The first-order chi connectivity index (χ1) is 12.8. The number of methoxy groups -OCH3 is 2. The number of carbonyl (C=O) groups is 1. The van der Waals surface area contributed by atoms with Crippen molar-refractivity contribution in [3.63, 3.8) is 0 Å². The minimum Gasteiger partial charge on any atom is -0.497 e. The van der Waals surface area contributed by atoms with Gasteiger partial charge in [0, 0.05) is 22.6 Å². The van der Waals surface area contributed by atoms with E-state index in [1.807, 2.05) is 6.92 Å². The zero-order valence-corrected chi connectivity index (χ0v) is 16.7. The van der Waals surface area contributed by atoms with Crippen LogP contribution in [0.1, 0.15) is 13.3 Å². The standard InChI is InChI=1S/C18H20N2O5S2/c1-11-8-18(21)19-15-10-13(5-7-17(15)26-11)27(22,23)20-14-6-4-12(24-2)9-16(14)25-3/h4-7,9-11,20H,8H2,1-3H3,(H,19,21)/t11-/m1/s1. The van der Waals surface area contributed by atoms with E-state index in [4.69, 9.17) is 9.47 Å². The van der Waals surface area contributed by atoms with Crippen LogP contribution in [0.3, 0.4) is 0 Å². The number of ether oxygens (including phenoxy) is 2. The van der Waals surface area contributed by atoms with Crippen molar-refractivity contribution in [2.24, 2.45) is 0 Å². The van der Waals surface area contributed by atoms with Crippen LogP contribution in [0.15, 0.2) is 46.2 Å². The van der Waals surface area contributed by atoms with Gasteiger partial charge in [-0.2, -0.15) is 0 Å². The van der Waals surface area contributed by atoms with E-state index in [0.717, 1.165) is 4.90 Å². The molecule has 1 aliphatic heterocycles. The Bertz CT molecular complexity index is 976. The van der Waals surface area contributed by atoms with Gasteiger partial charge in [-0.25, -0.2) is 8.42 Å². The maximum absolute atomic E-state index is 12.8. The number of rotatable bonds is 5. The van der Waals surface area contributed by atoms with E-state index in [2.05, 4.69) is 10.0 Å². The molecule has 0 spiro atoms. The Morgan fingerprint density at radius 3 is 2.63 bits per heavy atom. The molecule has 0 radical (unpaired) electrons. The maximum Gasteiger partial charge on any atom is 0.262 e. The summed E-state index contributed by atoms with van der Waals surface area (Å²) in [7, 11) is -0.911. The number of amides is 1. The average Bonchev–Trinajstić information content (AvgIpc) is 2.77. The van der Waals surface area contributed by atoms with Crippen molar-refractivity contribution < 1.29 is 22.7 Å². The minimum absolute atomic E-state index is 0.0505. The van der Waals surface area contributed by atoms with Gasteiger partial charge in [0.05, 0.1) is 30.5 Å². The van der Waals surface area contributed by atoms with Gasteiger partial charge >= 0.3 is 0 Å². The number of hydrogen-bond donors (Lipinski definition) is 2. The van der Waals surface area contributed by atoms with Crippen LogP contribution in [0, 0.1) is 0 Å². The van der Waals surface area contributed by atoms with Crippen LogP contribution in [-0.2, 0) is 14.8 Å². The predicted molar refractivity (Wildman–Crippen MR) is 105 cm³/mol. The number of benzene rings is 2. The molecule has 0 unspecified atom stereocenters.